The molecule has 7 nitrogen and oxygen atoms in total. The number of nitro benzene ring substituents is 1. The summed E-state index contributed by atoms with van der Waals surface area (Å²) in [6.45, 7) is 4.18. The molecular weight excluding hydrogens is 274 g/mol. The number of hydrogen-bond donors (Lipinski definition) is 2. The van der Waals surface area contributed by atoms with Crippen LogP contribution in [0.4, 0.5) is 5.69 Å². The number of rotatable bonds is 7. The molecular formula is C14H19N3O4. The van der Waals surface area contributed by atoms with Crippen LogP contribution in [0.15, 0.2) is 24.3 Å². The fraction of sp³-hybridized carbons (Fsp3) is 0.429. The van der Waals surface area contributed by atoms with Gasteiger partial charge in [0.05, 0.1) is 11.3 Å². The summed E-state index contributed by atoms with van der Waals surface area (Å²) in [5.74, 6) is -0.501. The first-order chi connectivity index (χ1) is 9.91. The molecule has 0 atom stereocenters. The third kappa shape index (κ3) is 5.60. The van der Waals surface area contributed by atoms with Crippen molar-refractivity contribution < 1.29 is 14.5 Å². The van der Waals surface area contributed by atoms with Crippen molar-refractivity contribution >= 4 is 17.5 Å². The topological polar surface area (TPSA) is 101 Å². The summed E-state index contributed by atoms with van der Waals surface area (Å²) in [5, 5.41) is 16.1. The van der Waals surface area contributed by atoms with Crippen LogP contribution in [0.3, 0.4) is 0 Å². The van der Waals surface area contributed by atoms with Gasteiger partial charge >= 0.3 is 0 Å². The lowest BCUT2D eigenvalue weighted by Crippen LogP contribution is -2.36. The van der Waals surface area contributed by atoms with Crippen molar-refractivity contribution in [1.29, 1.82) is 0 Å². The molecule has 0 fully saturated rings. The van der Waals surface area contributed by atoms with Crippen molar-refractivity contribution in [3.05, 3.63) is 39.9 Å². The molecule has 0 aliphatic carbocycles. The highest BCUT2D eigenvalue weighted by atomic mass is 16.6. The van der Waals surface area contributed by atoms with Gasteiger partial charge in [0.1, 0.15) is 0 Å². The lowest BCUT2D eigenvalue weighted by Gasteiger charge is -2.09. The Morgan fingerprint density at radius 1 is 1.19 bits per heavy atom. The van der Waals surface area contributed by atoms with Gasteiger partial charge < -0.3 is 10.6 Å². The summed E-state index contributed by atoms with van der Waals surface area (Å²) in [6, 6.07) is 6.13. The maximum absolute atomic E-state index is 11.7. The second-order valence-corrected chi connectivity index (χ2v) is 4.86. The molecule has 1 aromatic rings. The van der Waals surface area contributed by atoms with Crippen LogP contribution in [0.1, 0.15) is 19.4 Å². The summed E-state index contributed by atoms with van der Waals surface area (Å²) < 4.78 is 0. The fourth-order valence-corrected chi connectivity index (χ4v) is 1.67. The van der Waals surface area contributed by atoms with Crippen molar-refractivity contribution in [3.8, 4) is 0 Å². The van der Waals surface area contributed by atoms with Gasteiger partial charge in [0.25, 0.3) is 5.69 Å². The van der Waals surface area contributed by atoms with E-state index in [2.05, 4.69) is 10.6 Å². The molecule has 0 aromatic heterocycles. The third-order valence-electron chi connectivity index (χ3n) is 2.81. The number of carbonyl (C=O) groups excluding carboxylic acids is 2. The highest BCUT2D eigenvalue weighted by Crippen LogP contribution is 2.17. The zero-order valence-electron chi connectivity index (χ0n) is 12.1. The minimum atomic E-state index is -0.508. The molecule has 2 N–H and O–H groups in total. The second kappa shape index (κ2) is 7.98. The van der Waals surface area contributed by atoms with Crippen LogP contribution in [0.5, 0.6) is 0 Å². The molecule has 0 spiro atoms. The van der Waals surface area contributed by atoms with Crippen LogP contribution in [0, 0.1) is 16.0 Å². The molecule has 2 amide bonds. The number of nitro groups is 1. The monoisotopic (exact) mass is 293 g/mol. The van der Waals surface area contributed by atoms with E-state index in [4.69, 9.17) is 0 Å². The normalized spacial score (nSPS) is 10.2. The van der Waals surface area contributed by atoms with Crippen LogP contribution in [-0.4, -0.2) is 29.8 Å². The SMILES string of the molecule is CC(C)C(=O)NCCNC(=O)Cc1ccccc1[N+](=O)[O-]. The Kier molecular flexibility index (Phi) is 6.32. The van der Waals surface area contributed by atoms with Gasteiger partial charge in [-0.15, -0.1) is 0 Å². The second-order valence-electron chi connectivity index (χ2n) is 4.86. The van der Waals surface area contributed by atoms with E-state index >= 15 is 0 Å². The van der Waals surface area contributed by atoms with Crippen LogP contribution < -0.4 is 10.6 Å². The molecule has 7 heteroatoms. The highest BCUT2D eigenvalue weighted by molar-refractivity contribution is 5.80. The number of benzene rings is 1. The summed E-state index contributed by atoms with van der Waals surface area (Å²) in [7, 11) is 0. The Bertz CT molecular complexity index is 529. The molecule has 114 valence electrons. The molecule has 0 bridgehead atoms. The molecule has 21 heavy (non-hydrogen) atoms. The number of nitrogens with one attached hydrogen (secondary N) is 2. The molecule has 0 heterocycles. The molecule has 1 aromatic carbocycles. The third-order valence-corrected chi connectivity index (χ3v) is 2.81. The summed E-state index contributed by atoms with van der Waals surface area (Å²) in [5.41, 5.74) is 0.298. The highest BCUT2D eigenvalue weighted by Gasteiger charge is 2.15. The van der Waals surface area contributed by atoms with E-state index in [1.54, 1.807) is 32.0 Å². The summed E-state index contributed by atoms with van der Waals surface area (Å²) in [6.07, 6.45) is -0.0602. The van der Waals surface area contributed by atoms with E-state index in [-0.39, 0.29) is 36.4 Å². The van der Waals surface area contributed by atoms with Crippen LogP contribution in [-0.2, 0) is 16.0 Å². The van der Waals surface area contributed by atoms with E-state index in [0.29, 0.717) is 12.1 Å². The van der Waals surface area contributed by atoms with Gasteiger partial charge in [-0.3, -0.25) is 19.7 Å². The number of hydrogen-bond acceptors (Lipinski definition) is 4. The van der Waals surface area contributed by atoms with E-state index in [1.165, 1.54) is 6.07 Å². The van der Waals surface area contributed by atoms with Crippen molar-refractivity contribution in [2.75, 3.05) is 13.1 Å². The van der Waals surface area contributed by atoms with Gasteiger partial charge in [-0.05, 0) is 0 Å². The predicted molar refractivity (Wildman–Crippen MR) is 77.7 cm³/mol. The number of para-hydroxylation sites is 1. The number of amides is 2. The average molecular weight is 293 g/mol. The molecule has 0 radical (unpaired) electrons. The van der Waals surface area contributed by atoms with Crippen molar-refractivity contribution in [1.82, 2.24) is 10.6 Å². The standard InChI is InChI=1S/C14H19N3O4/c1-10(2)14(19)16-8-7-15-13(18)9-11-5-3-4-6-12(11)17(20)21/h3-6,10H,7-9H2,1-2H3,(H,15,18)(H,16,19). The largest absolute Gasteiger partial charge is 0.354 e. The Hall–Kier alpha value is -2.44. The maximum Gasteiger partial charge on any atom is 0.273 e. The first kappa shape index (κ1) is 16.6. The Balaban J connectivity index is 2.41. The van der Waals surface area contributed by atoms with Gasteiger partial charge in [-0.25, -0.2) is 0 Å². The van der Waals surface area contributed by atoms with E-state index in [0.717, 1.165) is 0 Å². The Labute approximate surface area is 122 Å². The number of nitrogens with zero attached hydrogens (tertiary/aromatic N) is 1. The molecule has 0 saturated heterocycles. The number of carbonyl (C=O) groups is 2. The van der Waals surface area contributed by atoms with Crippen LogP contribution in [0.2, 0.25) is 0 Å². The van der Waals surface area contributed by atoms with Gasteiger partial charge in [-0.2, -0.15) is 0 Å². The zero-order chi connectivity index (χ0) is 15.8. The van der Waals surface area contributed by atoms with E-state index in [1.807, 2.05) is 0 Å². The zero-order valence-corrected chi connectivity index (χ0v) is 12.1. The van der Waals surface area contributed by atoms with Crippen molar-refractivity contribution in [3.63, 3.8) is 0 Å². The average Bonchev–Trinajstić information content (AvgIpc) is 2.43. The molecule has 0 saturated carbocycles. The summed E-state index contributed by atoms with van der Waals surface area (Å²) in [4.78, 5) is 33.3. The summed E-state index contributed by atoms with van der Waals surface area (Å²) >= 11 is 0. The molecule has 0 unspecified atom stereocenters. The van der Waals surface area contributed by atoms with E-state index in [9.17, 15) is 19.7 Å². The molecule has 0 aliphatic heterocycles. The van der Waals surface area contributed by atoms with Crippen molar-refractivity contribution in [2.24, 2.45) is 5.92 Å². The van der Waals surface area contributed by atoms with Crippen LogP contribution >= 0.6 is 0 Å². The smallest absolute Gasteiger partial charge is 0.273 e. The maximum atomic E-state index is 11.7. The van der Waals surface area contributed by atoms with E-state index < -0.39 is 4.92 Å². The van der Waals surface area contributed by atoms with Gasteiger partial charge in [0.15, 0.2) is 0 Å². The molecule has 0 aliphatic rings. The fourth-order valence-electron chi connectivity index (χ4n) is 1.67. The lowest BCUT2D eigenvalue weighted by molar-refractivity contribution is -0.385. The van der Waals surface area contributed by atoms with Gasteiger partial charge in [0, 0.05) is 30.6 Å². The Morgan fingerprint density at radius 2 is 1.81 bits per heavy atom. The van der Waals surface area contributed by atoms with Gasteiger partial charge in [-0.1, -0.05) is 32.0 Å². The first-order valence-electron chi connectivity index (χ1n) is 6.68. The first-order valence-corrected chi connectivity index (χ1v) is 6.68. The minimum absolute atomic E-state index is 0.0602. The predicted octanol–water partition coefficient (Wildman–Crippen LogP) is 1.03. The quantitative estimate of drug-likeness (QED) is 0.445. The Morgan fingerprint density at radius 3 is 2.43 bits per heavy atom. The minimum Gasteiger partial charge on any atom is -0.354 e. The van der Waals surface area contributed by atoms with Crippen LogP contribution in [0.25, 0.3) is 0 Å². The molecule has 1 rings (SSSR count). The lowest BCUT2D eigenvalue weighted by atomic mass is 10.1. The van der Waals surface area contributed by atoms with Gasteiger partial charge in [0.2, 0.25) is 11.8 Å². The van der Waals surface area contributed by atoms with Crippen molar-refractivity contribution in [2.45, 2.75) is 20.3 Å².